The van der Waals surface area contributed by atoms with Gasteiger partial charge in [0, 0.05) is 17.4 Å². The molecule has 0 aliphatic rings. The third-order valence-corrected chi connectivity index (χ3v) is 3.90. The Morgan fingerprint density at radius 1 is 1.39 bits per heavy atom. The molecule has 1 aromatic carbocycles. The molecule has 2 aromatic rings. The maximum Gasteiger partial charge on any atom is 0.273 e. The van der Waals surface area contributed by atoms with Crippen molar-refractivity contribution in [3.63, 3.8) is 0 Å². The third kappa shape index (κ3) is 3.30. The van der Waals surface area contributed by atoms with Crippen LogP contribution in [0.5, 0.6) is 5.75 Å². The Labute approximate surface area is 116 Å². The van der Waals surface area contributed by atoms with Crippen LogP contribution in [0.4, 0.5) is 5.69 Å². The van der Waals surface area contributed by atoms with E-state index >= 15 is 0 Å². The number of nitrogens with zero attached hydrogens (tertiary/aromatic N) is 1. The lowest BCUT2D eigenvalue weighted by Crippen LogP contribution is -2.01. The molecular weight excluding hydrogens is 318 g/mol. The van der Waals surface area contributed by atoms with Crippen LogP contribution in [0.3, 0.4) is 0 Å². The van der Waals surface area contributed by atoms with E-state index in [4.69, 9.17) is 4.74 Å². The van der Waals surface area contributed by atoms with E-state index in [1.54, 1.807) is 17.4 Å². The van der Waals surface area contributed by atoms with Gasteiger partial charge in [-0.1, -0.05) is 6.07 Å². The smallest absolute Gasteiger partial charge is 0.273 e. The zero-order chi connectivity index (χ0) is 13.0. The maximum atomic E-state index is 10.7. The van der Waals surface area contributed by atoms with Gasteiger partial charge >= 0.3 is 0 Å². The fourth-order valence-corrected chi connectivity index (χ4v) is 2.48. The van der Waals surface area contributed by atoms with Gasteiger partial charge in [-0.15, -0.1) is 11.3 Å². The Bertz CT molecular complexity index is 542. The molecule has 0 amide bonds. The van der Waals surface area contributed by atoms with Gasteiger partial charge < -0.3 is 4.74 Å². The number of hydrogen-bond acceptors (Lipinski definition) is 4. The Morgan fingerprint density at radius 2 is 2.22 bits per heavy atom. The highest BCUT2D eigenvalue weighted by Gasteiger charge is 2.10. The summed E-state index contributed by atoms with van der Waals surface area (Å²) < 4.78 is 6.28. The van der Waals surface area contributed by atoms with Gasteiger partial charge in [0.1, 0.15) is 5.75 Å². The Morgan fingerprint density at radius 3 is 2.89 bits per heavy atom. The summed E-state index contributed by atoms with van der Waals surface area (Å²) in [5.41, 5.74) is 0.0318. The van der Waals surface area contributed by atoms with Gasteiger partial charge in [-0.25, -0.2) is 0 Å². The monoisotopic (exact) mass is 327 g/mol. The first-order valence-corrected chi connectivity index (χ1v) is 6.93. The highest BCUT2D eigenvalue weighted by atomic mass is 79.9. The third-order valence-electron chi connectivity index (χ3n) is 2.31. The van der Waals surface area contributed by atoms with Crippen LogP contribution in [-0.2, 0) is 6.42 Å². The lowest BCUT2D eigenvalue weighted by Gasteiger charge is -2.07. The summed E-state index contributed by atoms with van der Waals surface area (Å²) in [6.45, 7) is 0.500. The van der Waals surface area contributed by atoms with E-state index in [-0.39, 0.29) is 5.69 Å². The maximum absolute atomic E-state index is 10.7. The number of nitro groups is 1. The molecule has 1 heterocycles. The van der Waals surface area contributed by atoms with Crippen LogP contribution in [0.25, 0.3) is 0 Å². The Hall–Kier alpha value is -1.40. The Balaban J connectivity index is 2.00. The molecule has 0 N–H and O–H groups in total. The molecule has 0 atom stereocenters. The number of rotatable bonds is 5. The molecular formula is C12H10BrNO3S. The molecule has 1 aromatic heterocycles. The minimum atomic E-state index is -0.432. The highest BCUT2D eigenvalue weighted by Crippen LogP contribution is 2.29. The number of benzene rings is 1. The largest absolute Gasteiger partial charge is 0.492 e. The van der Waals surface area contributed by atoms with Crippen LogP contribution in [-0.4, -0.2) is 11.5 Å². The van der Waals surface area contributed by atoms with E-state index in [9.17, 15) is 10.1 Å². The van der Waals surface area contributed by atoms with Crippen molar-refractivity contribution in [2.45, 2.75) is 6.42 Å². The van der Waals surface area contributed by atoms with Gasteiger partial charge in [-0.2, -0.15) is 0 Å². The molecule has 0 fully saturated rings. The SMILES string of the molecule is O=[N+]([O-])c1ccc(Br)c(OCCc2cccs2)c1. The highest BCUT2D eigenvalue weighted by molar-refractivity contribution is 9.10. The summed E-state index contributed by atoms with van der Waals surface area (Å²) in [5.74, 6) is 0.501. The number of hydrogen-bond donors (Lipinski definition) is 0. The number of non-ortho nitro benzene ring substituents is 1. The zero-order valence-corrected chi connectivity index (χ0v) is 11.7. The lowest BCUT2D eigenvalue weighted by molar-refractivity contribution is -0.385. The van der Waals surface area contributed by atoms with E-state index in [0.29, 0.717) is 12.4 Å². The molecule has 0 saturated carbocycles. The first kappa shape index (κ1) is 13.0. The summed E-state index contributed by atoms with van der Waals surface area (Å²) in [6, 6.07) is 8.52. The molecule has 2 rings (SSSR count). The first-order valence-electron chi connectivity index (χ1n) is 5.26. The van der Waals surface area contributed by atoms with Crippen molar-refractivity contribution < 1.29 is 9.66 Å². The average molecular weight is 328 g/mol. The number of ether oxygens (including phenoxy) is 1. The molecule has 0 spiro atoms. The van der Waals surface area contributed by atoms with E-state index in [0.717, 1.165) is 10.9 Å². The van der Waals surface area contributed by atoms with Crippen molar-refractivity contribution in [2.75, 3.05) is 6.61 Å². The van der Waals surface area contributed by atoms with Crippen molar-refractivity contribution in [2.24, 2.45) is 0 Å². The zero-order valence-electron chi connectivity index (χ0n) is 9.34. The van der Waals surface area contributed by atoms with E-state index < -0.39 is 4.92 Å². The van der Waals surface area contributed by atoms with Crippen LogP contribution in [0.1, 0.15) is 4.88 Å². The Kier molecular flexibility index (Phi) is 4.33. The molecule has 94 valence electrons. The summed E-state index contributed by atoms with van der Waals surface area (Å²) >= 11 is 4.98. The van der Waals surface area contributed by atoms with Crippen molar-refractivity contribution in [3.8, 4) is 5.75 Å². The van der Waals surface area contributed by atoms with Gasteiger partial charge in [0.2, 0.25) is 0 Å². The second kappa shape index (κ2) is 5.97. The van der Waals surface area contributed by atoms with E-state index in [2.05, 4.69) is 15.9 Å². The fourth-order valence-electron chi connectivity index (χ4n) is 1.43. The van der Waals surface area contributed by atoms with Crippen LogP contribution >= 0.6 is 27.3 Å². The average Bonchev–Trinajstić information content (AvgIpc) is 2.84. The van der Waals surface area contributed by atoms with E-state index in [1.807, 2.05) is 17.5 Å². The molecule has 6 heteroatoms. The molecule has 0 aliphatic heterocycles. The topological polar surface area (TPSA) is 52.4 Å². The van der Waals surface area contributed by atoms with Crippen molar-refractivity contribution in [1.29, 1.82) is 0 Å². The predicted octanol–water partition coefficient (Wildman–Crippen LogP) is 4.04. The van der Waals surface area contributed by atoms with Crippen molar-refractivity contribution >= 4 is 33.0 Å². The van der Waals surface area contributed by atoms with Crippen LogP contribution in [0.15, 0.2) is 40.2 Å². The molecule has 0 aliphatic carbocycles. The predicted molar refractivity (Wildman–Crippen MR) is 74.3 cm³/mol. The summed E-state index contributed by atoms with van der Waals surface area (Å²) in [4.78, 5) is 11.5. The van der Waals surface area contributed by atoms with Gasteiger partial charge in [0.25, 0.3) is 5.69 Å². The lowest BCUT2D eigenvalue weighted by atomic mass is 10.3. The van der Waals surface area contributed by atoms with Gasteiger partial charge in [0.15, 0.2) is 0 Å². The standard InChI is InChI=1S/C12H10BrNO3S/c13-11-4-3-9(14(15)16)8-12(11)17-6-5-10-2-1-7-18-10/h1-4,7-8H,5-6H2. The number of thiophene rings is 1. The molecule has 18 heavy (non-hydrogen) atoms. The summed E-state index contributed by atoms with van der Waals surface area (Å²) in [6.07, 6.45) is 0.798. The summed E-state index contributed by atoms with van der Waals surface area (Å²) in [7, 11) is 0. The minimum absolute atomic E-state index is 0.0318. The molecule has 4 nitrogen and oxygen atoms in total. The minimum Gasteiger partial charge on any atom is -0.492 e. The number of nitro benzene ring substituents is 1. The van der Waals surface area contributed by atoms with Gasteiger partial charge in [-0.3, -0.25) is 10.1 Å². The van der Waals surface area contributed by atoms with E-state index in [1.165, 1.54) is 17.0 Å². The van der Waals surface area contributed by atoms with Crippen LogP contribution in [0.2, 0.25) is 0 Å². The van der Waals surface area contributed by atoms with Gasteiger partial charge in [0.05, 0.1) is 22.1 Å². The number of halogens is 1. The van der Waals surface area contributed by atoms with Crippen LogP contribution in [0, 0.1) is 10.1 Å². The molecule has 0 saturated heterocycles. The quantitative estimate of drug-likeness (QED) is 0.615. The second-order valence-electron chi connectivity index (χ2n) is 3.55. The first-order chi connectivity index (χ1) is 8.66. The molecule has 0 unspecified atom stereocenters. The molecule has 0 bridgehead atoms. The second-order valence-corrected chi connectivity index (χ2v) is 5.44. The van der Waals surface area contributed by atoms with Gasteiger partial charge in [-0.05, 0) is 33.4 Å². The van der Waals surface area contributed by atoms with Crippen molar-refractivity contribution in [3.05, 3.63) is 55.2 Å². The van der Waals surface area contributed by atoms with Crippen LogP contribution < -0.4 is 4.74 Å². The molecule has 0 radical (unpaired) electrons. The van der Waals surface area contributed by atoms with Crippen molar-refractivity contribution in [1.82, 2.24) is 0 Å². The normalized spacial score (nSPS) is 10.3. The summed E-state index contributed by atoms with van der Waals surface area (Å²) in [5, 5.41) is 12.7. The fraction of sp³-hybridized carbons (Fsp3) is 0.167.